The first-order valence-electron chi connectivity index (χ1n) is 5.54. The lowest BCUT2D eigenvalue weighted by Gasteiger charge is -2.25. The average Bonchev–Trinajstić information content (AvgIpc) is 2.40. The quantitative estimate of drug-likeness (QED) is 0.586. The molecular formula is C11H13ClFNO6S. The predicted octanol–water partition coefficient (Wildman–Crippen LogP) is 0.199. The Bertz CT molecular complexity index is 659. The van der Waals surface area contributed by atoms with Crippen LogP contribution in [0.25, 0.3) is 0 Å². The molecule has 0 aromatic heterocycles. The molecule has 0 aliphatic rings. The lowest BCUT2D eigenvalue weighted by molar-refractivity contribution is 0.0696. The van der Waals surface area contributed by atoms with E-state index >= 15 is 0 Å². The van der Waals surface area contributed by atoms with Crippen molar-refractivity contribution in [1.29, 1.82) is 0 Å². The molecule has 21 heavy (non-hydrogen) atoms. The van der Waals surface area contributed by atoms with E-state index < -0.39 is 56.0 Å². The number of benzene rings is 1. The molecule has 1 aromatic rings. The van der Waals surface area contributed by atoms with Crippen molar-refractivity contribution >= 4 is 27.6 Å². The Kier molecular flexibility index (Phi) is 5.29. The molecule has 0 unspecified atom stereocenters. The van der Waals surface area contributed by atoms with E-state index in [9.17, 15) is 17.6 Å². The number of halogens is 2. The van der Waals surface area contributed by atoms with Gasteiger partial charge < -0.3 is 15.3 Å². The van der Waals surface area contributed by atoms with Crippen molar-refractivity contribution in [2.75, 3.05) is 13.2 Å². The number of aliphatic hydroxyl groups is 2. The molecule has 0 radical (unpaired) electrons. The number of carboxylic acids is 1. The number of sulfonamides is 1. The van der Waals surface area contributed by atoms with Gasteiger partial charge in [-0.15, -0.1) is 0 Å². The summed E-state index contributed by atoms with van der Waals surface area (Å²) in [5, 5.41) is 26.3. The number of hydrogen-bond acceptors (Lipinski definition) is 5. The minimum Gasteiger partial charge on any atom is -0.478 e. The van der Waals surface area contributed by atoms with Crippen LogP contribution in [-0.4, -0.2) is 48.5 Å². The molecule has 1 aromatic carbocycles. The molecule has 118 valence electrons. The van der Waals surface area contributed by atoms with Gasteiger partial charge in [-0.05, 0) is 19.1 Å². The van der Waals surface area contributed by atoms with E-state index in [0.717, 1.165) is 0 Å². The number of rotatable bonds is 6. The van der Waals surface area contributed by atoms with E-state index in [1.807, 2.05) is 4.72 Å². The molecule has 0 saturated heterocycles. The second kappa shape index (κ2) is 6.24. The number of hydrogen-bond donors (Lipinski definition) is 4. The first kappa shape index (κ1) is 17.8. The Balaban J connectivity index is 3.36. The molecule has 0 atom stereocenters. The Morgan fingerprint density at radius 3 is 2.33 bits per heavy atom. The third kappa shape index (κ3) is 3.89. The Morgan fingerprint density at radius 1 is 1.38 bits per heavy atom. The lowest BCUT2D eigenvalue weighted by atomic mass is 10.1. The first-order valence-corrected chi connectivity index (χ1v) is 7.40. The van der Waals surface area contributed by atoms with E-state index in [1.54, 1.807) is 0 Å². The van der Waals surface area contributed by atoms with Gasteiger partial charge in [-0.2, -0.15) is 0 Å². The van der Waals surface area contributed by atoms with Gasteiger partial charge in [0.05, 0.1) is 34.2 Å². The lowest BCUT2D eigenvalue weighted by Crippen LogP contribution is -2.51. The molecule has 0 fully saturated rings. The Morgan fingerprint density at radius 2 is 1.90 bits per heavy atom. The molecule has 0 heterocycles. The van der Waals surface area contributed by atoms with Crippen molar-refractivity contribution < 1.29 is 32.9 Å². The fourth-order valence-corrected chi connectivity index (χ4v) is 2.99. The smallest absolute Gasteiger partial charge is 0.337 e. The highest BCUT2D eigenvalue weighted by Gasteiger charge is 2.31. The van der Waals surface area contributed by atoms with Gasteiger partial charge in [-0.3, -0.25) is 0 Å². The number of aromatic carboxylic acids is 1. The second-order valence-corrected chi connectivity index (χ2v) is 6.61. The van der Waals surface area contributed by atoms with Gasteiger partial charge in [0.1, 0.15) is 5.82 Å². The average molecular weight is 342 g/mol. The standard InChI is InChI=1S/C11H13ClFNO6S/c1-11(4-15,5-16)14-21(19,20)6-2-7(10(17)18)9(12)8(13)3-6/h2-3,14-16H,4-5H2,1H3,(H,17,18). The third-order valence-corrected chi connectivity index (χ3v) is 4.62. The van der Waals surface area contributed by atoms with Crippen LogP contribution < -0.4 is 4.72 Å². The molecular weight excluding hydrogens is 329 g/mol. The summed E-state index contributed by atoms with van der Waals surface area (Å²) in [6, 6.07) is 1.23. The molecule has 4 N–H and O–H groups in total. The molecule has 0 spiro atoms. The van der Waals surface area contributed by atoms with Gasteiger partial charge >= 0.3 is 5.97 Å². The summed E-state index contributed by atoms with van der Waals surface area (Å²) in [5.41, 5.74) is -2.30. The molecule has 0 aliphatic heterocycles. The zero-order valence-corrected chi connectivity index (χ0v) is 12.4. The van der Waals surface area contributed by atoms with Crippen molar-refractivity contribution in [2.24, 2.45) is 0 Å². The molecule has 7 nitrogen and oxygen atoms in total. The van der Waals surface area contributed by atoms with Crippen LogP contribution in [-0.2, 0) is 10.0 Å². The highest BCUT2D eigenvalue weighted by molar-refractivity contribution is 7.89. The van der Waals surface area contributed by atoms with E-state index in [-0.39, 0.29) is 0 Å². The fourth-order valence-electron chi connectivity index (χ4n) is 1.37. The predicted molar refractivity (Wildman–Crippen MR) is 71.3 cm³/mol. The maximum atomic E-state index is 13.5. The van der Waals surface area contributed by atoms with E-state index in [0.29, 0.717) is 12.1 Å². The number of carbonyl (C=O) groups is 1. The summed E-state index contributed by atoms with van der Waals surface area (Å²) in [7, 11) is -4.37. The van der Waals surface area contributed by atoms with Crippen LogP contribution in [0, 0.1) is 5.82 Å². The zero-order chi connectivity index (χ0) is 16.4. The van der Waals surface area contributed by atoms with Gasteiger partial charge in [0.2, 0.25) is 10.0 Å². The molecule has 0 amide bonds. The van der Waals surface area contributed by atoms with Crippen LogP contribution in [0.15, 0.2) is 17.0 Å². The molecule has 10 heteroatoms. The molecule has 0 bridgehead atoms. The maximum absolute atomic E-state index is 13.5. The normalized spacial score (nSPS) is 12.4. The topological polar surface area (TPSA) is 124 Å². The van der Waals surface area contributed by atoms with Gasteiger partial charge in [0.25, 0.3) is 0 Å². The van der Waals surface area contributed by atoms with E-state index in [4.69, 9.17) is 26.9 Å². The maximum Gasteiger partial charge on any atom is 0.337 e. The van der Waals surface area contributed by atoms with Gasteiger partial charge in [-0.1, -0.05) is 11.6 Å². The van der Waals surface area contributed by atoms with Crippen molar-refractivity contribution in [3.8, 4) is 0 Å². The number of aliphatic hydroxyl groups excluding tert-OH is 2. The van der Waals surface area contributed by atoms with Crippen LogP contribution in [0.4, 0.5) is 4.39 Å². The minimum atomic E-state index is -4.37. The van der Waals surface area contributed by atoms with Crippen LogP contribution >= 0.6 is 11.6 Å². The first-order chi connectivity index (χ1) is 9.56. The Hall–Kier alpha value is -1.26. The van der Waals surface area contributed by atoms with Gasteiger partial charge in [0, 0.05) is 0 Å². The van der Waals surface area contributed by atoms with Crippen LogP contribution in [0.5, 0.6) is 0 Å². The van der Waals surface area contributed by atoms with E-state index in [1.165, 1.54) is 6.92 Å². The van der Waals surface area contributed by atoms with Crippen LogP contribution in [0.2, 0.25) is 5.02 Å². The van der Waals surface area contributed by atoms with Crippen LogP contribution in [0.1, 0.15) is 17.3 Å². The second-order valence-electron chi connectivity index (χ2n) is 4.55. The largest absolute Gasteiger partial charge is 0.478 e. The monoisotopic (exact) mass is 341 g/mol. The summed E-state index contributed by atoms with van der Waals surface area (Å²) in [4.78, 5) is 10.2. The summed E-state index contributed by atoms with van der Waals surface area (Å²) in [5.74, 6) is -2.81. The highest BCUT2D eigenvalue weighted by atomic mass is 35.5. The van der Waals surface area contributed by atoms with Crippen molar-refractivity contribution in [3.05, 3.63) is 28.5 Å². The molecule has 1 rings (SSSR count). The summed E-state index contributed by atoms with van der Waals surface area (Å²) in [6.45, 7) is -0.218. The summed E-state index contributed by atoms with van der Waals surface area (Å²) >= 11 is 5.45. The van der Waals surface area contributed by atoms with Crippen molar-refractivity contribution in [1.82, 2.24) is 4.72 Å². The molecule has 0 saturated carbocycles. The molecule has 0 aliphatic carbocycles. The van der Waals surface area contributed by atoms with Crippen LogP contribution in [0.3, 0.4) is 0 Å². The fraction of sp³-hybridized carbons (Fsp3) is 0.364. The SMILES string of the molecule is CC(CO)(CO)NS(=O)(=O)c1cc(F)c(Cl)c(C(=O)O)c1. The highest BCUT2D eigenvalue weighted by Crippen LogP contribution is 2.25. The summed E-state index contributed by atoms with van der Waals surface area (Å²) < 4.78 is 39.6. The number of carboxylic acid groups (broad SMARTS) is 1. The van der Waals surface area contributed by atoms with Gasteiger partial charge in [-0.25, -0.2) is 22.3 Å². The van der Waals surface area contributed by atoms with Crippen molar-refractivity contribution in [3.63, 3.8) is 0 Å². The third-order valence-electron chi connectivity index (χ3n) is 2.62. The van der Waals surface area contributed by atoms with E-state index in [2.05, 4.69) is 0 Å². The number of nitrogens with one attached hydrogen (secondary N) is 1. The summed E-state index contributed by atoms with van der Waals surface area (Å²) in [6.07, 6.45) is 0. The Labute approximate surface area is 125 Å². The van der Waals surface area contributed by atoms with Gasteiger partial charge in [0.15, 0.2) is 0 Å². The zero-order valence-electron chi connectivity index (χ0n) is 10.8. The minimum absolute atomic E-state index is 0.548. The van der Waals surface area contributed by atoms with Crippen molar-refractivity contribution in [2.45, 2.75) is 17.4 Å².